The van der Waals surface area contributed by atoms with E-state index in [1.54, 1.807) is 0 Å². The standard InChI is InChI=1S/C16H30O2/c1-3-5-6-7-8-9-10-11-12-13-16(4-2)14-17-15-18-16/h4H,2-3,5-15H2,1H3/t16-/m1/s1. The van der Waals surface area contributed by atoms with E-state index in [-0.39, 0.29) is 5.60 Å². The monoisotopic (exact) mass is 254 g/mol. The summed E-state index contributed by atoms with van der Waals surface area (Å²) in [5.41, 5.74) is -0.179. The SMILES string of the molecule is C=C[C@@]1(CCCCCCCCCCC)COCO1. The van der Waals surface area contributed by atoms with Crippen molar-refractivity contribution in [3.63, 3.8) is 0 Å². The molecule has 0 aromatic heterocycles. The van der Waals surface area contributed by atoms with Gasteiger partial charge in [-0.2, -0.15) is 0 Å². The fourth-order valence-electron chi connectivity index (χ4n) is 2.51. The van der Waals surface area contributed by atoms with Crippen LogP contribution >= 0.6 is 0 Å². The first-order valence-corrected chi connectivity index (χ1v) is 7.68. The summed E-state index contributed by atoms with van der Waals surface area (Å²) in [6.45, 7) is 7.26. The van der Waals surface area contributed by atoms with Gasteiger partial charge < -0.3 is 9.47 Å². The van der Waals surface area contributed by atoms with Crippen LogP contribution in [0.2, 0.25) is 0 Å². The summed E-state index contributed by atoms with van der Waals surface area (Å²) in [5.74, 6) is 0. The lowest BCUT2D eigenvalue weighted by atomic mass is 9.96. The largest absolute Gasteiger partial charge is 0.352 e. The van der Waals surface area contributed by atoms with Gasteiger partial charge in [0.05, 0.1) is 6.61 Å². The van der Waals surface area contributed by atoms with Gasteiger partial charge in [0.2, 0.25) is 0 Å². The molecule has 1 rings (SSSR count). The Morgan fingerprint density at radius 1 is 1.00 bits per heavy atom. The number of rotatable bonds is 11. The van der Waals surface area contributed by atoms with Crippen molar-refractivity contribution in [2.75, 3.05) is 13.4 Å². The minimum atomic E-state index is -0.179. The third kappa shape index (κ3) is 6.01. The van der Waals surface area contributed by atoms with E-state index in [2.05, 4.69) is 13.5 Å². The van der Waals surface area contributed by atoms with Gasteiger partial charge in [-0.25, -0.2) is 0 Å². The quantitative estimate of drug-likeness (QED) is 0.388. The molecule has 2 heteroatoms. The fourth-order valence-corrected chi connectivity index (χ4v) is 2.51. The lowest BCUT2D eigenvalue weighted by Crippen LogP contribution is -2.28. The van der Waals surface area contributed by atoms with Crippen molar-refractivity contribution in [3.8, 4) is 0 Å². The molecule has 2 nitrogen and oxygen atoms in total. The lowest BCUT2D eigenvalue weighted by molar-refractivity contribution is 0.0124. The van der Waals surface area contributed by atoms with E-state index >= 15 is 0 Å². The number of unbranched alkanes of at least 4 members (excludes halogenated alkanes) is 8. The molecule has 0 bridgehead atoms. The van der Waals surface area contributed by atoms with Crippen LogP contribution in [0.15, 0.2) is 12.7 Å². The average molecular weight is 254 g/mol. The normalized spacial score (nSPS) is 23.4. The molecule has 1 aliphatic rings. The highest BCUT2D eigenvalue weighted by Crippen LogP contribution is 2.26. The van der Waals surface area contributed by atoms with Crippen molar-refractivity contribution in [1.82, 2.24) is 0 Å². The van der Waals surface area contributed by atoms with Gasteiger partial charge in [-0.15, -0.1) is 6.58 Å². The number of hydrogen-bond donors (Lipinski definition) is 0. The molecule has 1 saturated heterocycles. The topological polar surface area (TPSA) is 18.5 Å². The Morgan fingerprint density at radius 3 is 2.11 bits per heavy atom. The fraction of sp³-hybridized carbons (Fsp3) is 0.875. The van der Waals surface area contributed by atoms with Gasteiger partial charge in [0, 0.05) is 0 Å². The van der Waals surface area contributed by atoms with Crippen LogP contribution in [0.4, 0.5) is 0 Å². The Hall–Kier alpha value is -0.340. The Morgan fingerprint density at radius 2 is 1.61 bits per heavy atom. The van der Waals surface area contributed by atoms with E-state index in [0.29, 0.717) is 13.4 Å². The van der Waals surface area contributed by atoms with Crippen LogP contribution in [0.25, 0.3) is 0 Å². The maximum Gasteiger partial charge on any atom is 0.148 e. The molecule has 0 spiro atoms. The first kappa shape index (κ1) is 15.7. The third-order valence-electron chi connectivity index (χ3n) is 3.85. The van der Waals surface area contributed by atoms with Gasteiger partial charge in [0.1, 0.15) is 12.4 Å². The van der Waals surface area contributed by atoms with Crippen LogP contribution in [0.5, 0.6) is 0 Å². The maximum absolute atomic E-state index is 5.62. The molecule has 0 aromatic rings. The molecule has 0 saturated carbocycles. The van der Waals surface area contributed by atoms with E-state index in [1.165, 1.54) is 57.8 Å². The average Bonchev–Trinajstić information content (AvgIpc) is 2.86. The zero-order valence-electron chi connectivity index (χ0n) is 12.1. The Kier molecular flexibility index (Phi) is 8.36. The highest BCUT2D eigenvalue weighted by Gasteiger charge is 2.31. The molecule has 0 aromatic carbocycles. The second-order valence-electron chi connectivity index (χ2n) is 5.46. The third-order valence-corrected chi connectivity index (χ3v) is 3.85. The van der Waals surface area contributed by atoms with Gasteiger partial charge in [-0.1, -0.05) is 70.8 Å². The molecule has 1 atom stereocenters. The van der Waals surface area contributed by atoms with Crippen molar-refractivity contribution in [3.05, 3.63) is 12.7 Å². The second kappa shape index (κ2) is 9.57. The van der Waals surface area contributed by atoms with E-state index < -0.39 is 0 Å². The van der Waals surface area contributed by atoms with Gasteiger partial charge in [0.15, 0.2) is 0 Å². The highest BCUT2D eigenvalue weighted by molar-refractivity contribution is 4.98. The number of hydrogen-bond acceptors (Lipinski definition) is 2. The predicted molar refractivity (Wildman–Crippen MR) is 76.7 cm³/mol. The molecule has 1 heterocycles. The smallest absolute Gasteiger partial charge is 0.148 e. The molecule has 0 aliphatic carbocycles. The summed E-state index contributed by atoms with van der Waals surface area (Å²) >= 11 is 0. The minimum absolute atomic E-state index is 0.179. The summed E-state index contributed by atoms with van der Waals surface area (Å²) in [7, 11) is 0. The summed E-state index contributed by atoms with van der Waals surface area (Å²) in [6, 6.07) is 0. The van der Waals surface area contributed by atoms with E-state index in [9.17, 15) is 0 Å². The Bertz CT molecular complexity index is 207. The van der Waals surface area contributed by atoms with E-state index in [0.717, 1.165) is 6.42 Å². The Balaban J connectivity index is 1.90. The van der Waals surface area contributed by atoms with Gasteiger partial charge in [-0.3, -0.25) is 0 Å². The minimum Gasteiger partial charge on any atom is -0.352 e. The molecular formula is C16H30O2. The number of ether oxygens (including phenoxy) is 2. The molecule has 0 N–H and O–H groups in total. The molecule has 0 unspecified atom stereocenters. The summed E-state index contributed by atoms with van der Waals surface area (Å²) in [6.07, 6.45) is 15.3. The van der Waals surface area contributed by atoms with Crippen LogP contribution in [-0.2, 0) is 9.47 Å². The van der Waals surface area contributed by atoms with Crippen molar-refractivity contribution >= 4 is 0 Å². The molecule has 0 amide bonds. The molecule has 1 aliphatic heterocycles. The van der Waals surface area contributed by atoms with E-state index in [4.69, 9.17) is 9.47 Å². The zero-order valence-corrected chi connectivity index (χ0v) is 12.1. The van der Waals surface area contributed by atoms with E-state index in [1.807, 2.05) is 6.08 Å². The first-order valence-electron chi connectivity index (χ1n) is 7.68. The van der Waals surface area contributed by atoms with Gasteiger partial charge >= 0.3 is 0 Å². The highest BCUT2D eigenvalue weighted by atomic mass is 16.7. The van der Waals surface area contributed by atoms with Crippen molar-refractivity contribution in [1.29, 1.82) is 0 Å². The van der Waals surface area contributed by atoms with Crippen molar-refractivity contribution in [2.24, 2.45) is 0 Å². The predicted octanol–water partition coefficient (Wildman–Crippen LogP) is 4.84. The van der Waals surface area contributed by atoms with Crippen LogP contribution in [-0.4, -0.2) is 19.0 Å². The van der Waals surface area contributed by atoms with Crippen LogP contribution < -0.4 is 0 Å². The Labute approximate surface area is 113 Å². The maximum atomic E-state index is 5.62. The summed E-state index contributed by atoms with van der Waals surface area (Å²) in [5, 5.41) is 0. The molecule has 0 radical (unpaired) electrons. The van der Waals surface area contributed by atoms with Crippen LogP contribution in [0.3, 0.4) is 0 Å². The van der Waals surface area contributed by atoms with Crippen LogP contribution in [0.1, 0.15) is 71.1 Å². The van der Waals surface area contributed by atoms with Gasteiger partial charge in [-0.05, 0) is 6.42 Å². The molecular weight excluding hydrogens is 224 g/mol. The van der Waals surface area contributed by atoms with Crippen molar-refractivity contribution in [2.45, 2.75) is 76.7 Å². The van der Waals surface area contributed by atoms with Crippen LogP contribution in [0, 0.1) is 0 Å². The van der Waals surface area contributed by atoms with Crippen molar-refractivity contribution < 1.29 is 9.47 Å². The molecule has 106 valence electrons. The summed E-state index contributed by atoms with van der Waals surface area (Å²) in [4.78, 5) is 0. The lowest BCUT2D eigenvalue weighted by Gasteiger charge is -2.21. The first-order chi connectivity index (χ1) is 8.83. The zero-order chi connectivity index (χ0) is 13.1. The molecule has 1 fully saturated rings. The molecule has 18 heavy (non-hydrogen) atoms. The van der Waals surface area contributed by atoms with Gasteiger partial charge in [0.25, 0.3) is 0 Å². The summed E-state index contributed by atoms with van der Waals surface area (Å²) < 4.78 is 10.9. The second-order valence-corrected chi connectivity index (χ2v) is 5.46.